The molecule has 2 aliphatic rings. The van der Waals surface area contributed by atoms with Gasteiger partial charge in [0, 0.05) is 34.4 Å². The zero-order chi connectivity index (χ0) is 10.7. The molecule has 0 unspecified atom stereocenters. The molecule has 4 heteroatoms. The lowest BCUT2D eigenvalue weighted by molar-refractivity contribution is 0.0841. The minimum absolute atomic E-state index is 0.161. The van der Waals surface area contributed by atoms with E-state index in [0.717, 1.165) is 43.6 Å². The van der Waals surface area contributed by atoms with Gasteiger partial charge in [0.25, 0.3) is 0 Å². The molecule has 0 aromatic heterocycles. The molecule has 0 bridgehead atoms. The standard InChI is InChI=1S/C11H21NO2S/c13-11-4-2-1-3-10(11)12-9-5-7-15(14)8-6-9/h9-13H,1-8H2/t9?,10-,11-,15?/m0/s1. The molecule has 2 atom stereocenters. The zero-order valence-corrected chi connectivity index (χ0v) is 9.97. The molecular weight excluding hydrogens is 210 g/mol. The van der Waals surface area contributed by atoms with Crippen molar-refractivity contribution in [2.45, 2.75) is 56.7 Å². The monoisotopic (exact) mass is 231 g/mol. The van der Waals surface area contributed by atoms with Gasteiger partial charge in [-0.1, -0.05) is 12.8 Å². The fraction of sp³-hybridized carbons (Fsp3) is 1.00. The average Bonchev–Trinajstić information content (AvgIpc) is 2.25. The maximum atomic E-state index is 11.2. The highest BCUT2D eigenvalue weighted by Crippen LogP contribution is 2.20. The second kappa shape index (κ2) is 5.41. The molecule has 3 nitrogen and oxygen atoms in total. The van der Waals surface area contributed by atoms with E-state index < -0.39 is 10.8 Å². The number of nitrogens with one attached hydrogen (secondary N) is 1. The van der Waals surface area contributed by atoms with Crippen molar-refractivity contribution in [2.75, 3.05) is 11.5 Å². The van der Waals surface area contributed by atoms with Crippen molar-refractivity contribution in [3.8, 4) is 0 Å². The maximum Gasteiger partial charge on any atom is 0.0693 e. The molecule has 1 saturated heterocycles. The van der Waals surface area contributed by atoms with Crippen molar-refractivity contribution in [3.63, 3.8) is 0 Å². The molecule has 2 rings (SSSR count). The second-order valence-corrected chi connectivity index (χ2v) is 6.44. The number of aliphatic hydroxyl groups is 1. The summed E-state index contributed by atoms with van der Waals surface area (Å²) in [6, 6.07) is 0.774. The van der Waals surface area contributed by atoms with Gasteiger partial charge in [0.05, 0.1) is 6.10 Å². The summed E-state index contributed by atoms with van der Waals surface area (Å²) in [6.45, 7) is 0. The predicted octanol–water partition coefficient (Wildman–Crippen LogP) is 0.791. The fourth-order valence-corrected chi connectivity index (χ4v) is 3.87. The van der Waals surface area contributed by atoms with Gasteiger partial charge in [0.2, 0.25) is 0 Å². The zero-order valence-electron chi connectivity index (χ0n) is 9.15. The first-order valence-corrected chi connectivity index (χ1v) is 7.53. The third kappa shape index (κ3) is 3.26. The molecule has 2 N–H and O–H groups in total. The van der Waals surface area contributed by atoms with Gasteiger partial charge in [-0.3, -0.25) is 4.21 Å². The first kappa shape index (κ1) is 11.6. The molecule has 0 spiro atoms. The van der Waals surface area contributed by atoms with Gasteiger partial charge >= 0.3 is 0 Å². The van der Waals surface area contributed by atoms with E-state index in [1.165, 1.54) is 6.42 Å². The molecule has 0 aromatic rings. The van der Waals surface area contributed by atoms with Crippen LogP contribution < -0.4 is 5.32 Å². The Morgan fingerprint density at radius 1 is 1.07 bits per heavy atom. The van der Waals surface area contributed by atoms with E-state index in [2.05, 4.69) is 5.32 Å². The van der Waals surface area contributed by atoms with Crippen LogP contribution in [0.15, 0.2) is 0 Å². The van der Waals surface area contributed by atoms with Crippen LogP contribution in [0.2, 0.25) is 0 Å². The quantitative estimate of drug-likeness (QED) is 0.739. The highest BCUT2D eigenvalue weighted by atomic mass is 32.2. The van der Waals surface area contributed by atoms with Crippen LogP contribution in [0.5, 0.6) is 0 Å². The SMILES string of the molecule is O=S1CCC(N[C@H]2CCCC[C@@H]2O)CC1. The Kier molecular flexibility index (Phi) is 4.17. The van der Waals surface area contributed by atoms with Gasteiger partial charge in [0.1, 0.15) is 0 Å². The molecule has 1 aliphatic carbocycles. The van der Waals surface area contributed by atoms with E-state index in [9.17, 15) is 9.32 Å². The summed E-state index contributed by atoms with van der Waals surface area (Å²) in [5, 5.41) is 13.4. The van der Waals surface area contributed by atoms with E-state index in [-0.39, 0.29) is 12.1 Å². The Labute approximate surface area is 94.1 Å². The molecule has 0 amide bonds. The van der Waals surface area contributed by atoms with Crippen molar-refractivity contribution >= 4 is 10.8 Å². The number of hydrogen-bond donors (Lipinski definition) is 2. The van der Waals surface area contributed by atoms with Crippen molar-refractivity contribution < 1.29 is 9.32 Å². The Balaban J connectivity index is 1.78. The highest BCUT2D eigenvalue weighted by molar-refractivity contribution is 7.85. The van der Waals surface area contributed by atoms with Crippen LogP contribution >= 0.6 is 0 Å². The van der Waals surface area contributed by atoms with Gasteiger partial charge in [-0.25, -0.2) is 0 Å². The molecule has 0 radical (unpaired) electrons. The first-order valence-electron chi connectivity index (χ1n) is 6.05. The van der Waals surface area contributed by atoms with Crippen LogP contribution in [0.3, 0.4) is 0 Å². The van der Waals surface area contributed by atoms with Crippen molar-refractivity contribution in [2.24, 2.45) is 0 Å². The summed E-state index contributed by atoms with van der Waals surface area (Å²) < 4.78 is 11.2. The normalized spacial score (nSPS) is 42.7. The number of aliphatic hydroxyl groups excluding tert-OH is 1. The summed E-state index contributed by atoms with van der Waals surface area (Å²) in [6.07, 6.45) is 6.29. The van der Waals surface area contributed by atoms with Crippen molar-refractivity contribution in [1.29, 1.82) is 0 Å². The Morgan fingerprint density at radius 2 is 1.73 bits per heavy atom. The lowest BCUT2D eigenvalue weighted by Crippen LogP contribution is -2.48. The smallest absolute Gasteiger partial charge is 0.0693 e. The molecular formula is C11H21NO2S. The summed E-state index contributed by atoms with van der Waals surface area (Å²) >= 11 is 0. The minimum atomic E-state index is -0.579. The van der Waals surface area contributed by atoms with E-state index in [0.29, 0.717) is 6.04 Å². The van der Waals surface area contributed by atoms with E-state index in [1.807, 2.05) is 0 Å². The highest BCUT2D eigenvalue weighted by Gasteiger charge is 2.26. The van der Waals surface area contributed by atoms with Gasteiger partial charge in [0.15, 0.2) is 0 Å². The number of hydrogen-bond acceptors (Lipinski definition) is 3. The summed E-state index contributed by atoms with van der Waals surface area (Å²) in [5.41, 5.74) is 0. The van der Waals surface area contributed by atoms with E-state index >= 15 is 0 Å². The number of rotatable bonds is 2. The molecule has 1 saturated carbocycles. The average molecular weight is 231 g/mol. The molecule has 0 aromatic carbocycles. The summed E-state index contributed by atoms with van der Waals surface area (Å²) in [5.74, 6) is 1.67. The molecule has 88 valence electrons. The summed E-state index contributed by atoms with van der Waals surface area (Å²) in [4.78, 5) is 0. The summed E-state index contributed by atoms with van der Waals surface area (Å²) in [7, 11) is -0.579. The van der Waals surface area contributed by atoms with E-state index in [4.69, 9.17) is 0 Å². The van der Waals surface area contributed by atoms with Gasteiger partial charge in [-0.15, -0.1) is 0 Å². The van der Waals surface area contributed by atoms with Crippen LogP contribution in [0.1, 0.15) is 38.5 Å². The predicted molar refractivity (Wildman–Crippen MR) is 62.3 cm³/mol. The third-order valence-electron chi connectivity index (χ3n) is 3.57. The third-order valence-corrected chi connectivity index (χ3v) is 4.95. The second-order valence-electron chi connectivity index (χ2n) is 4.75. The Hall–Kier alpha value is 0.0700. The van der Waals surface area contributed by atoms with Gasteiger partial charge in [-0.2, -0.15) is 0 Å². The molecule has 2 fully saturated rings. The van der Waals surface area contributed by atoms with Gasteiger partial charge < -0.3 is 10.4 Å². The van der Waals surface area contributed by atoms with Gasteiger partial charge in [-0.05, 0) is 25.7 Å². The first-order chi connectivity index (χ1) is 7.25. The van der Waals surface area contributed by atoms with Crippen molar-refractivity contribution in [3.05, 3.63) is 0 Å². The van der Waals surface area contributed by atoms with E-state index in [1.54, 1.807) is 0 Å². The van der Waals surface area contributed by atoms with Crippen LogP contribution in [-0.2, 0) is 10.8 Å². The van der Waals surface area contributed by atoms with Crippen LogP contribution in [0.4, 0.5) is 0 Å². The maximum absolute atomic E-state index is 11.2. The molecule has 15 heavy (non-hydrogen) atoms. The lowest BCUT2D eigenvalue weighted by Gasteiger charge is -2.33. The fourth-order valence-electron chi connectivity index (χ4n) is 2.57. The van der Waals surface area contributed by atoms with Crippen molar-refractivity contribution in [1.82, 2.24) is 5.32 Å². The Morgan fingerprint density at radius 3 is 2.40 bits per heavy atom. The largest absolute Gasteiger partial charge is 0.392 e. The lowest BCUT2D eigenvalue weighted by atomic mass is 9.91. The minimum Gasteiger partial charge on any atom is -0.392 e. The molecule has 1 aliphatic heterocycles. The van der Waals surface area contributed by atoms with Crippen LogP contribution in [0, 0.1) is 0 Å². The Bertz CT molecular complexity index is 225. The van der Waals surface area contributed by atoms with Crippen LogP contribution in [-0.4, -0.2) is 39.0 Å². The topological polar surface area (TPSA) is 49.3 Å². The molecule has 1 heterocycles. The van der Waals surface area contributed by atoms with Crippen LogP contribution in [0.25, 0.3) is 0 Å².